The van der Waals surface area contributed by atoms with Crippen LogP contribution in [0, 0.1) is 6.92 Å². The van der Waals surface area contributed by atoms with Crippen LogP contribution in [0.25, 0.3) is 0 Å². The quantitative estimate of drug-likeness (QED) is 0.485. The van der Waals surface area contributed by atoms with E-state index >= 15 is 0 Å². The first-order valence-electron chi connectivity index (χ1n) is 11.6. The SMILES string of the molecule is COC(=O)c1ccc([C@H](C)N2C[C@H](c3ccc(C(F)(F)F)cc3)N3CCn4nc(C)c(c43)C2=O)cc1. The predicted molar refractivity (Wildman–Crippen MR) is 126 cm³/mol. The first-order chi connectivity index (χ1) is 17.1. The Kier molecular flexibility index (Phi) is 5.77. The van der Waals surface area contributed by atoms with Gasteiger partial charge in [0.05, 0.1) is 42.6 Å². The summed E-state index contributed by atoms with van der Waals surface area (Å²) < 4.78 is 46.1. The highest BCUT2D eigenvalue weighted by atomic mass is 19.4. The maximum Gasteiger partial charge on any atom is 0.416 e. The van der Waals surface area contributed by atoms with Gasteiger partial charge in [0, 0.05) is 13.1 Å². The fourth-order valence-electron chi connectivity index (χ4n) is 5.10. The van der Waals surface area contributed by atoms with Crippen molar-refractivity contribution in [3.63, 3.8) is 0 Å². The summed E-state index contributed by atoms with van der Waals surface area (Å²) in [6.07, 6.45) is -4.43. The van der Waals surface area contributed by atoms with E-state index in [1.165, 1.54) is 19.2 Å². The van der Waals surface area contributed by atoms with Crippen LogP contribution in [0.15, 0.2) is 48.5 Å². The van der Waals surface area contributed by atoms with Crippen molar-refractivity contribution in [2.24, 2.45) is 0 Å². The van der Waals surface area contributed by atoms with Crippen molar-refractivity contribution in [2.45, 2.75) is 38.7 Å². The van der Waals surface area contributed by atoms with Crippen molar-refractivity contribution >= 4 is 17.7 Å². The van der Waals surface area contributed by atoms with Gasteiger partial charge in [-0.25, -0.2) is 9.48 Å². The highest BCUT2D eigenvalue weighted by Gasteiger charge is 2.42. The van der Waals surface area contributed by atoms with Gasteiger partial charge in [-0.2, -0.15) is 18.3 Å². The number of aryl methyl sites for hydroxylation is 1. The molecular weight excluding hydrogens is 473 g/mol. The van der Waals surface area contributed by atoms with Gasteiger partial charge in [-0.3, -0.25) is 4.79 Å². The average Bonchev–Trinajstić information content (AvgIpc) is 3.36. The van der Waals surface area contributed by atoms with Crippen molar-refractivity contribution in [3.8, 4) is 0 Å². The Morgan fingerprint density at radius 3 is 2.36 bits per heavy atom. The second-order valence-electron chi connectivity index (χ2n) is 9.08. The molecule has 3 heterocycles. The number of aromatic nitrogens is 2. The second-order valence-corrected chi connectivity index (χ2v) is 9.08. The summed E-state index contributed by atoms with van der Waals surface area (Å²) in [5, 5.41) is 4.55. The molecule has 1 amide bonds. The lowest BCUT2D eigenvalue weighted by Gasteiger charge is -2.34. The van der Waals surface area contributed by atoms with Crippen molar-refractivity contribution in [2.75, 3.05) is 25.1 Å². The lowest BCUT2D eigenvalue weighted by molar-refractivity contribution is -0.137. The molecule has 0 saturated heterocycles. The van der Waals surface area contributed by atoms with Gasteiger partial charge in [-0.15, -0.1) is 0 Å². The average molecular weight is 499 g/mol. The summed E-state index contributed by atoms with van der Waals surface area (Å²) in [6, 6.07) is 11.3. The van der Waals surface area contributed by atoms with Crippen LogP contribution in [0.5, 0.6) is 0 Å². The molecule has 10 heteroatoms. The fraction of sp³-hybridized carbons (Fsp3) is 0.346. The number of benzene rings is 2. The molecule has 2 aliphatic heterocycles. The highest BCUT2D eigenvalue weighted by molar-refractivity contribution is 6.01. The molecule has 36 heavy (non-hydrogen) atoms. The number of rotatable bonds is 4. The molecule has 0 radical (unpaired) electrons. The molecule has 7 nitrogen and oxygen atoms in total. The number of ether oxygens (including phenoxy) is 1. The van der Waals surface area contributed by atoms with Gasteiger partial charge < -0.3 is 14.5 Å². The number of nitrogens with zero attached hydrogens (tertiary/aromatic N) is 4. The summed E-state index contributed by atoms with van der Waals surface area (Å²) in [5.41, 5.74) is 2.33. The summed E-state index contributed by atoms with van der Waals surface area (Å²) in [6.45, 7) is 5.17. The maximum atomic E-state index is 13.9. The largest absolute Gasteiger partial charge is 0.465 e. The molecule has 2 aliphatic rings. The number of halogens is 3. The first kappa shape index (κ1) is 23.9. The van der Waals surface area contributed by atoms with Crippen LogP contribution in [0.1, 0.15) is 62.1 Å². The van der Waals surface area contributed by atoms with Crippen LogP contribution >= 0.6 is 0 Å². The van der Waals surface area contributed by atoms with E-state index in [4.69, 9.17) is 4.74 Å². The van der Waals surface area contributed by atoms with Crippen LogP contribution in [-0.2, 0) is 17.5 Å². The normalized spacial score (nSPS) is 18.2. The van der Waals surface area contributed by atoms with Crippen molar-refractivity contribution < 1.29 is 27.5 Å². The Balaban J connectivity index is 1.55. The number of methoxy groups -OCH3 is 1. The molecular formula is C26H25F3N4O3. The van der Waals surface area contributed by atoms with E-state index < -0.39 is 17.7 Å². The Hall–Kier alpha value is -3.82. The molecule has 0 unspecified atom stereocenters. The molecule has 3 aromatic rings. The smallest absolute Gasteiger partial charge is 0.416 e. The molecule has 0 N–H and O–H groups in total. The number of anilines is 1. The predicted octanol–water partition coefficient (Wildman–Crippen LogP) is 4.78. The van der Waals surface area contributed by atoms with E-state index in [2.05, 4.69) is 10.00 Å². The van der Waals surface area contributed by atoms with E-state index in [-0.39, 0.29) is 24.5 Å². The molecule has 188 valence electrons. The summed E-state index contributed by atoms with van der Waals surface area (Å²) in [7, 11) is 1.31. The molecule has 0 bridgehead atoms. The van der Waals surface area contributed by atoms with Gasteiger partial charge >= 0.3 is 12.1 Å². The lowest BCUT2D eigenvalue weighted by Crippen LogP contribution is -2.39. The third kappa shape index (κ3) is 3.90. The molecule has 5 rings (SSSR count). The molecule has 2 aromatic carbocycles. The third-order valence-corrected chi connectivity index (χ3v) is 7.05. The lowest BCUT2D eigenvalue weighted by atomic mass is 10.0. The number of alkyl halides is 3. The van der Waals surface area contributed by atoms with Crippen molar-refractivity contribution in [3.05, 3.63) is 82.0 Å². The van der Waals surface area contributed by atoms with E-state index in [9.17, 15) is 22.8 Å². The standard InChI is InChI=1S/C26H25F3N4O3/c1-15-22-23-31(12-13-33(23)30-15)21(18-8-10-20(11-9-18)26(27,28)29)14-32(24(22)34)16(2)17-4-6-19(7-5-17)25(35)36-3/h4-11,16,21H,12-14H2,1-3H3/t16-,21+/m0/s1. The number of hydrogen-bond donors (Lipinski definition) is 0. The molecule has 0 saturated carbocycles. The van der Waals surface area contributed by atoms with Crippen LogP contribution < -0.4 is 4.90 Å². The Morgan fingerprint density at radius 1 is 1.08 bits per heavy atom. The van der Waals surface area contributed by atoms with E-state index in [1.807, 2.05) is 6.92 Å². The fourth-order valence-corrected chi connectivity index (χ4v) is 5.10. The minimum atomic E-state index is -4.43. The zero-order valence-electron chi connectivity index (χ0n) is 20.0. The van der Waals surface area contributed by atoms with Crippen LogP contribution in [0.4, 0.5) is 19.0 Å². The summed E-state index contributed by atoms with van der Waals surface area (Å²) in [5.74, 6) is 0.0747. The topological polar surface area (TPSA) is 67.7 Å². The second kappa shape index (κ2) is 8.69. The third-order valence-electron chi connectivity index (χ3n) is 7.05. The summed E-state index contributed by atoms with van der Waals surface area (Å²) in [4.78, 5) is 29.5. The number of carbonyl (C=O) groups is 2. The molecule has 0 aliphatic carbocycles. The zero-order valence-corrected chi connectivity index (χ0v) is 20.0. The van der Waals surface area contributed by atoms with E-state index in [1.54, 1.807) is 40.8 Å². The van der Waals surface area contributed by atoms with Crippen molar-refractivity contribution in [1.82, 2.24) is 14.7 Å². The first-order valence-corrected chi connectivity index (χ1v) is 11.6. The van der Waals surface area contributed by atoms with Gasteiger partial charge in [0.25, 0.3) is 5.91 Å². The monoisotopic (exact) mass is 498 g/mol. The van der Waals surface area contributed by atoms with Crippen LogP contribution in [0.2, 0.25) is 0 Å². The molecule has 2 atom stereocenters. The van der Waals surface area contributed by atoms with Gasteiger partial charge in [0.2, 0.25) is 0 Å². The van der Waals surface area contributed by atoms with Gasteiger partial charge in [0.1, 0.15) is 11.4 Å². The molecule has 0 spiro atoms. The molecule has 0 fully saturated rings. The Morgan fingerprint density at radius 2 is 1.75 bits per heavy atom. The zero-order chi connectivity index (χ0) is 25.8. The van der Waals surface area contributed by atoms with Gasteiger partial charge in [-0.05, 0) is 49.2 Å². The minimum absolute atomic E-state index is 0.181. The number of esters is 1. The van der Waals surface area contributed by atoms with Gasteiger partial charge in [0.15, 0.2) is 0 Å². The maximum absolute atomic E-state index is 13.9. The van der Waals surface area contributed by atoms with E-state index in [0.29, 0.717) is 41.3 Å². The van der Waals surface area contributed by atoms with Crippen molar-refractivity contribution in [1.29, 1.82) is 0 Å². The van der Waals surface area contributed by atoms with E-state index in [0.717, 1.165) is 17.7 Å². The van der Waals surface area contributed by atoms with Crippen LogP contribution in [-0.4, -0.2) is 46.8 Å². The highest BCUT2D eigenvalue weighted by Crippen LogP contribution is 2.42. The Bertz CT molecular complexity index is 1320. The number of carbonyl (C=O) groups excluding carboxylic acids is 2. The molecule has 1 aromatic heterocycles. The Labute approximate surface area is 206 Å². The minimum Gasteiger partial charge on any atom is -0.465 e. The van der Waals surface area contributed by atoms with Gasteiger partial charge in [-0.1, -0.05) is 24.3 Å². The summed E-state index contributed by atoms with van der Waals surface area (Å²) >= 11 is 0. The number of hydrogen-bond acceptors (Lipinski definition) is 5. The van der Waals surface area contributed by atoms with Crippen LogP contribution in [0.3, 0.4) is 0 Å². The number of amides is 1.